The second-order valence-corrected chi connectivity index (χ2v) is 9.56. The summed E-state index contributed by atoms with van der Waals surface area (Å²) >= 11 is 0. The third kappa shape index (κ3) is 102. The molecule has 0 radical (unpaired) electrons. The van der Waals surface area contributed by atoms with Gasteiger partial charge in [-0.3, -0.25) is 12.9 Å². The molecule has 0 rings (SSSR count). The molecule has 17 heteroatoms. The Labute approximate surface area is 235 Å². The highest BCUT2D eigenvalue weighted by Crippen LogP contribution is 2.13. The Morgan fingerprint density at radius 3 is 0.795 bits per heavy atom. The highest BCUT2D eigenvalue weighted by atomic mass is 19.1. The first kappa shape index (κ1) is 48.4. The molecular formula is C22H55B4F4NO8. The van der Waals surface area contributed by atoms with Crippen molar-refractivity contribution in [2.24, 2.45) is 0 Å². The summed E-state index contributed by atoms with van der Waals surface area (Å²) in [6.45, 7) is 7.36. The molecule has 39 heavy (non-hydrogen) atoms. The van der Waals surface area contributed by atoms with Gasteiger partial charge in [-0.2, -0.15) is 0 Å². The molecule has 0 saturated carbocycles. The molecule has 0 bridgehead atoms. The third-order valence-corrected chi connectivity index (χ3v) is 5.23. The van der Waals surface area contributed by atoms with Gasteiger partial charge < -0.3 is 49.0 Å². The molecule has 0 fully saturated rings. The van der Waals surface area contributed by atoms with Crippen LogP contribution in [0.5, 0.6) is 0 Å². The Balaban J connectivity index is -0.000000195. The average Bonchev–Trinajstić information content (AvgIpc) is 2.76. The van der Waals surface area contributed by atoms with Gasteiger partial charge in [-0.15, -0.1) is 0 Å². The third-order valence-electron chi connectivity index (χ3n) is 5.23. The highest BCUT2D eigenvalue weighted by Gasteiger charge is 2.13. The van der Waals surface area contributed by atoms with E-state index in [9.17, 15) is 17.3 Å². The summed E-state index contributed by atoms with van der Waals surface area (Å²) in [7, 11) is -6.05. The van der Waals surface area contributed by atoms with E-state index < -0.39 is 29.6 Å². The number of halogens is 4. The first-order chi connectivity index (χ1) is 18.0. The van der Waals surface area contributed by atoms with Crippen LogP contribution >= 0.6 is 0 Å². The van der Waals surface area contributed by atoms with Gasteiger partial charge in [-0.05, 0) is 25.7 Å². The van der Waals surface area contributed by atoms with Crippen LogP contribution in [0, 0.1) is 0 Å². The van der Waals surface area contributed by atoms with E-state index >= 15 is 0 Å². The molecule has 0 atom stereocenters. The topological polar surface area (TPSA) is 165 Å². The summed E-state index contributed by atoms with van der Waals surface area (Å²) in [6, 6.07) is 0. The van der Waals surface area contributed by atoms with Crippen LogP contribution in [-0.2, 0) is 0 Å². The van der Waals surface area contributed by atoms with Crippen molar-refractivity contribution in [2.45, 2.75) is 117 Å². The fourth-order valence-electron chi connectivity index (χ4n) is 3.46. The number of nitrogens with zero attached hydrogens (tertiary/aromatic N) is 1. The summed E-state index contributed by atoms with van der Waals surface area (Å²) in [4.78, 5) is 0. The van der Waals surface area contributed by atoms with Crippen molar-refractivity contribution in [3.8, 4) is 0 Å². The Morgan fingerprint density at radius 1 is 0.462 bits per heavy atom. The molecular weight excluding hydrogens is 525 g/mol. The van der Waals surface area contributed by atoms with Crippen LogP contribution in [0.25, 0.3) is 0 Å². The smallest absolute Gasteiger partial charge is 0.674 e. The average molecular weight is 581 g/mol. The minimum Gasteiger partial charge on any atom is -0.828 e. The van der Waals surface area contributed by atoms with Crippen molar-refractivity contribution in [1.82, 2.24) is 0 Å². The minimum atomic E-state index is -2.92. The predicted molar refractivity (Wildman–Crippen MR) is 150 cm³/mol. The molecule has 0 aromatic heterocycles. The molecule has 0 aromatic carbocycles. The van der Waals surface area contributed by atoms with Gasteiger partial charge in [0.15, 0.2) is 0 Å². The standard InChI is InChI=1S/C22H48N.3BFH2O2.BFHO2/c1-5-7-9-11-13-15-17-19-21-23(3,4)22-20-18-16-14-12-10-8-6-2;4*2-1(3)4/h5-22H2,1-4H3;3*3-4H;3H/q+1;;;;-1. The van der Waals surface area contributed by atoms with Gasteiger partial charge in [0.2, 0.25) is 0 Å². The van der Waals surface area contributed by atoms with Gasteiger partial charge in [0.1, 0.15) is 0 Å². The first-order valence-corrected chi connectivity index (χ1v) is 13.9. The molecule has 0 unspecified atom stereocenters. The summed E-state index contributed by atoms with van der Waals surface area (Å²) in [6.07, 6.45) is 23.0. The Morgan fingerprint density at radius 2 is 0.615 bits per heavy atom. The van der Waals surface area contributed by atoms with E-state index in [-0.39, 0.29) is 0 Å². The highest BCUT2D eigenvalue weighted by molar-refractivity contribution is 6.32. The van der Waals surface area contributed by atoms with Gasteiger partial charge in [-0.25, -0.2) is 0 Å². The first-order valence-electron chi connectivity index (χ1n) is 13.9. The zero-order chi connectivity index (χ0) is 31.5. The predicted octanol–water partition coefficient (Wildman–Crippen LogP) is 2.41. The van der Waals surface area contributed by atoms with Crippen LogP contribution in [0.1, 0.15) is 117 Å². The van der Waals surface area contributed by atoms with Gasteiger partial charge >= 0.3 is 29.6 Å². The zero-order valence-corrected chi connectivity index (χ0v) is 24.5. The maximum Gasteiger partial charge on any atom is 0.674 e. The molecule has 0 aliphatic carbocycles. The molecule has 0 aliphatic heterocycles. The number of unbranched alkanes of at least 4 members (excludes halogenated alkanes) is 14. The lowest BCUT2D eigenvalue weighted by molar-refractivity contribution is -0.890. The number of hydrogen-bond acceptors (Lipinski definition) is 8. The number of quaternary nitrogens is 1. The molecule has 7 N–H and O–H groups in total. The van der Waals surface area contributed by atoms with Gasteiger partial charge in [-0.1, -0.05) is 90.9 Å². The van der Waals surface area contributed by atoms with Crippen LogP contribution in [-0.4, -0.2) is 96.4 Å². The Kier molecular flexibility index (Phi) is 49.3. The molecule has 0 saturated heterocycles. The molecule has 0 amide bonds. The number of rotatable bonds is 18. The van der Waals surface area contributed by atoms with Crippen LogP contribution in [0.2, 0.25) is 0 Å². The van der Waals surface area contributed by atoms with E-state index in [1.165, 1.54) is 120 Å². The second-order valence-electron chi connectivity index (χ2n) is 9.56. The molecule has 0 heterocycles. The molecule has 0 aromatic rings. The van der Waals surface area contributed by atoms with E-state index in [0.29, 0.717) is 0 Å². The molecule has 9 nitrogen and oxygen atoms in total. The maximum atomic E-state index is 10.1. The Bertz CT molecular complexity index is 371. The van der Waals surface area contributed by atoms with Crippen molar-refractivity contribution in [3.05, 3.63) is 0 Å². The van der Waals surface area contributed by atoms with Crippen molar-refractivity contribution >= 4 is 29.6 Å². The van der Waals surface area contributed by atoms with E-state index in [1.807, 2.05) is 0 Å². The van der Waals surface area contributed by atoms with Gasteiger partial charge in [0, 0.05) is 0 Å². The number of hydrogen-bond donors (Lipinski definition) is 7. The molecule has 236 valence electrons. The SMILES string of the molecule is CCCCCCCCCC[N+](C)(C)CCCCCCCCCC.OB(O)F.OB(O)F.OB(O)F.[O-]B(O)F. The fraction of sp³-hybridized carbons (Fsp3) is 1.00. The largest absolute Gasteiger partial charge is 0.828 e. The minimum absolute atomic E-state index is 1.24. The maximum absolute atomic E-state index is 10.1. The fourth-order valence-corrected chi connectivity index (χ4v) is 3.46. The molecule has 0 aliphatic rings. The van der Waals surface area contributed by atoms with E-state index in [0.717, 1.165) is 0 Å². The van der Waals surface area contributed by atoms with Gasteiger partial charge in [0.25, 0.3) is 0 Å². The summed E-state index contributed by atoms with van der Waals surface area (Å²) in [5.74, 6) is 0. The lowest BCUT2D eigenvalue weighted by Gasteiger charge is -2.30. The Hall–Kier alpha value is -0.380. The van der Waals surface area contributed by atoms with Crippen molar-refractivity contribution in [3.63, 3.8) is 0 Å². The van der Waals surface area contributed by atoms with Crippen LogP contribution < -0.4 is 5.02 Å². The summed E-state index contributed by atoms with van der Waals surface area (Å²) in [5.41, 5.74) is 0. The van der Waals surface area contributed by atoms with Crippen LogP contribution in [0.15, 0.2) is 0 Å². The van der Waals surface area contributed by atoms with Gasteiger partial charge in [0.05, 0.1) is 27.2 Å². The molecule has 0 spiro atoms. The van der Waals surface area contributed by atoms with E-state index in [2.05, 4.69) is 27.9 Å². The van der Waals surface area contributed by atoms with Crippen molar-refractivity contribution in [1.29, 1.82) is 0 Å². The van der Waals surface area contributed by atoms with E-state index in [1.54, 1.807) is 0 Å². The van der Waals surface area contributed by atoms with Crippen LogP contribution in [0.4, 0.5) is 17.3 Å². The van der Waals surface area contributed by atoms with Crippen LogP contribution in [0.3, 0.4) is 0 Å². The lowest BCUT2D eigenvalue weighted by Crippen LogP contribution is -2.41. The van der Waals surface area contributed by atoms with Crippen molar-refractivity contribution in [2.75, 3.05) is 27.2 Å². The summed E-state index contributed by atoms with van der Waals surface area (Å²) in [5, 5.41) is 56.9. The second kappa shape index (κ2) is 39.8. The summed E-state index contributed by atoms with van der Waals surface area (Å²) < 4.78 is 41.6. The van der Waals surface area contributed by atoms with E-state index in [4.69, 9.17) is 40.2 Å². The normalized spacial score (nSPS) is 9.85. The zero-order valence-electron chi connectivity index (χ0n) is 24.5. The van der Waals surface area contributed by atoms with Crippen molar-refractivity contribution < 1.29 is 61.9 Å². The lowest BCUT2D eigenvalue weighted by atomic mass is 10.1. The monoisotopic (exact) mass is 581 g/mol. The quantitative estimate of drug-likeness (QED) is 0.0562.